The van der Waals surface area contributed by atoms with Crippen molar-refractivity contribution in [2.75, 3.05) is 32.8 Å². The van der Waals surface area contributed by atoms with E-state index in [0.29, 0.717) is 24.0 Å². The molecule has 30 heavy (non-hydrogen) atoms. The highest BCUT2D eigenvalue weighted by Crippen LogP contribution is 2.28. The first-order valence-electron chi connectivity index (χ1n) is 12.0. The number of hydrogen-bond donors (Lipinski definition) is 0. The topological polar surface area (TPSA) is 49.9 Å². The lowest BCUT2D eigenvalue weighted by molar-refractivity contribution is -0.138. The van der Waals surface area contributed by atoms with E-state index in [2.05, 4.69) is 4.90 Å². The van der Waals surface area contributed by atoms with Gasteiger partial charge in [-0.05, 0) is 63.1 Å². The number of likely N-dealkylation sites (tertiary alicyclic amines) is 2. The fourth-order valence-electron chi connectivity index (χ4n) is 5.22. The van der Waals surface area contributed by atoms with Crippen molar-refractivity contribution in [2.24, 2.45) is 11.8 Å². The fraction of sp³-hybridized carbons (Fsp3) is 0.680. The van der Waals surface area contributed by atoms with Crippen molar-refractivity contribution >= 4 is 11.8 Å². The van der Waals surface area contributed by atoms with Gasteiger partial charge in [0.25, 0.3) is 5.91 Å². The molecular formula is C25H36N2O3. The molecule has 1 aromatic carbocycles. The number of carbonyl (C=O) groups is 2. The van der Waals surface area contributed by atoms with Gasteiger partial charge in [0.15, 0.2) is 0 Å². The molecule has 2 saturated heterocycles. The summed E-state index contributed by atoms with van der Waals surface area (Å²) < 4.78 is 6.09. The molecule has 0 spiro atoms. The summed E-state index contributed by atoms with van der Waals surface area (Å²) in [7, 11) is 0. The normalized spacial score (nSPS) is 23.3. The van der Waals surface area contributed by atoms with Gasteiger partial charge in [-0.2, -0.15) is 0 Å². The smallest absolute Gasteiger partial charge is 0.253 e. The Morgan fingerprint density at radius 2 is 1.60 bits per heavy atom. The third kappa shape index (κ3) is 5.35. The SMILES string of the molecule is O=C(c1cccc(OCC2CCCN(C(=O)C3CCCCC3)C2)c1)N1CCCCC1. The van der Waals surface area contributed by atoms with Crippen molar-refractivity contribution in [1.82, 2.24) is 9.80 Å². The second-order valence-electron chi connectivity index (χ2n) is 9.32. The molecule has 0 aromatic heterocycles. The van der Waals surface area contributed by atoms with Gasteiger partial charge in [0, 0.05) is 43.6 Å². The molecule has 1 aromatic rings. The first kappa shape index (κ1) is 21.2. The molecule has 5 heteroatoms. The maximum absolute atomic E-state index is 12.9. The Balaban J connectivity index is 1.29. The van der Waals surface area contributed by atoms with Crippen LogP contribution in [0, 0.1) is 11.8 Å². The number of carbonyl (C=O) groups excluding carboxylic acids is 2. The molecular weight excluding hydrogens is 376 g/mol. The van der Waals surface area contributed by atoms with Gasteiger partial charge in [-0.3, -0.25) is 9.59 Å². The molecule has 2 heterocycles. The predicted octanol–water partition coefficient (Wildman–Crippen LogP) is 4.51. The third-order valence-corrected chi connectivity index (χ3v) is 7.00. The van der Waals surface area contributed by atoms with E-state index < -0.39 is 0 Å². The quantitative estimate of drug-likeness (QED) is 0.715. The molecule has 1 saturated carbocycles. The van der Waals surface area contributed by atoms with Crippen molar-refractivity contribution in [3.05, 3.63) is 29.8 Å². The number of nitrogens with zero attached hydrogens (tertiary/aromatic N) is 2. The van der Waals surface area contributed by atoms with Crippen molar-refractivity contribution < 1.29 is 14.3 Å². The molecule has 164 valence electrons. The minimum Gasteiger partial charge on any atom is -0.493 e. The van der Waals surface area contributed by atoms with Gasteiger partial charge in [0.2, 0.25) is 5.91 Å². The van der Waals surface area contributed by atoms with Crippen molar-refractivity contribution in [3.63, 3.8) is 0 Å². The zero-order valence-electron chi connectivity index (χ0n) is 18.2. The van der Waals surface area contributed by atoms with Gasteiger partial charge in [0.1, 0.15) is 5.75 Å². The number of rotatable bonds is 5. The number of ether oxygens (including phenoxy) is 1. The van der Waals surface area contributed by atoms with Gasteiger partial charge in [0.05, 0.1) is 6.61 Å². The Bertz CT molecular complexity index is 723. The summed E-state index contributed by atoms with van der Waals surface area (Å²) in [5.74, 6) is 1.85. The lowest BCUT2D eigenvalue weighted by atomic mass is 9.87. The molecule has 1 atom stereocenters. The molecule has 5 nitrogen and oxygen atoms in total. The highest BCUT2D eigenvalue weighted by atomic mass is 16.5. The number of amides is 2. The molecule has 0 N–H and O–H groups in total. The predicted molar refractivity (Wildman–Crippen MR) is 118 cm³/mol. The Kier molecular flexibility index (Phi) is 7.29. The third-order valence-electron chi connectivity index (χ3n) is 7.00. The van der Waals surface area contributed by atoms with Crippen LogP contribution in [-0.4, -0.2) is 54.4 Å². The van der Waals surface area contributed by atoms with Crippen LogP contribution >= 0.6 is 0 Å². The molecule has 0 bridgehead atoms. The molecule has 0 radical (unpaired) electrons. The lowest BCUT2D eigenvalue weighted by Crippen LogP contribution is -2.44. The first-order chi connectivity index (χ1) is 14.7. The molecule has 3 fully saturated rings. The van der Waals surface area contributed by atoms with Crippen LogP contribution < -0.4 is 4.74 Å². The summed E-state index contributed by atoms with van der Waals surface area (Å²) in [4.78, 5) is 29.7. The van der Waals surface area contributed by atoms with Gasteiger partial charge in [-0.25, -0.2) is 0 Å². The highest BCUT2D eigenvalue weighted by Gasteiger charge is 2.30. The van der Waals surface area contributed by atoms with Crippen molar-refractivity contribution in [3.8, 4) is 5.75 Å². The molecule has 2 aliphatic heterocycles. The summed E-state index contributed by atoms with van der Waals surface area (Å²) in [6, 6.07) is 7.60. The van der Waals surface area contributed by atoms with Gasteiger partial charge < -0.3 is 14.5 Å². The second-order valence-corrected chi connectivity index (χ2v) is 9.32. The molecule has 1 unspecified atom stereocenters. The van der Waals surface area contributed by atoms with E-state index in [1.807, 2.05) is 29.2 Å². The molecule has 2 amide bonds. The van der Waals surface area contributed by atoms with Crippen LogP contribution in [0.4, 0.5) is 0 Å². The van der Waals surface area contributed by atoms with Crippen LogP contribution in [-0.2, 0) is 4.79 Å². The van der Waals surface area contributed by atoms with Crippen molar-refractivity contribution in [1.29, 1.82) is 0 Å². The number of benzene rings is 1. The fourth-order valence-corrected chi connectivity index (χ4v) is 5.22. The monoisotopic (exact) mass is 412 g/mol. The van der Waals surface area contributed by atoms with E-state index in [4.69, 9.17) is 4.74 Å². The van der Waals surface area contributed by atoms with Crippen LogP contribution in [0.1, 0.15) is 74.6 Å². The number of piperidine rings is 2. The van der Waals surface area contributed by atoms with E-state index in [9.17, 15) is 9.59 Å². The zero-order valence-corrected chi connectivity index (χ0v) is 18.2. The highest BCUT2D eigenvalue weighted by molar-refractivity contribution is 5.94. The zero-order chi connectivity index (χ0) is 20.8. The van der Waals surface area contributed by atoms with E-state index in [0.717, 1.165) is 70.5 Å². The minimum atomic E-state index is 0.113. The summed E-state index contributed by atoms with van der Waals surface area (Å²) >= 11 is 0. The van der Waals surface area contributed by atoms with Crippen LogP contribution in [0.25, 0.3) is 0 Å². The van der Waals surface area contributed by atoms with Gasteiger partial charge >= 0.3 is 0 Å². The Hall–Kier alpha value is -2.04. The summed E-state index contributed by atoms with van der Waals surface area (Å²) in [5, 5.41) is 0. The summed E-state index contributed by atoms with van der Waals surface area (Å²) in [6.07, 6.45) is 11.4. The van der Waals surface area contributed by atoms with E-state index in [-0.39, 0.29) is 11.8 Å². The Morgan fingerprint density at radius 1 is 0.867 bits per heavy atom. The second kappa shape index (κ2) is 10.3. The molecule has 3 aliphatic rings. The average molecular weight is 413 g/mol. The van der Waals surface area contributed by atoms with Crippen LogP contribution in [0.2, 0.25) is 0 Å². The molecule has 4 rings (SSSR count). The maximum atomic E-state index is 12.9. The number of hydrogen-bond acceptors (Lipinski definition) is 3. The Labute approximate surface area is 180 Å². The van der Waals surface area contributed by atoms with E-state index >= 15 is 0 Å². The van der Waals surface area contributed by atoms with Crippen LogP contribution in [0.15, 0.2) is 24.3 Å². The van der Waals surface area contributed by atoms with E-state index in [1.54, 1.807) is 0 Å². The van der Waals surface area contributed by atoms with E-state index in [1.165, 1.54) is 25.7 Å². The van der Waals surface area contributed by atoms with Crippen LogP contribution in [0.3, 0.4) is 0 Å². The van der Waals surface area contributed by atoms with Gasteiger partial charge in [-0.15, -0.1) is 0 Å². The summed E-state index contributed by atoms with van der Waals surface area (Å²) in [5.41, 5.74) is 0.715. The Morgan fingerprint density at radius 3 is 2.40 bits per heavy atom. The van der Waals surface area contributed by atoms with Crippen molar-refractivity contribution in [2.45, 2.75) is 64.2 Å². The lowest BCUT2D eigenvalue weighted by Gasteiger charge is -2.35. The minimum absolute atomic E-state index is 0.113. The summed E-state index contributed by atoms with van der Waals surface area (Å²) in [6.45, 7) is 4.02. The van der Waals surface area contributed by atoms with Gasteiger partial charge in [-0.1, -0.05) is 25.3 Å². The van der Waals surface area contributed by atoms with Crippen LogP contribution in [0.5, 0.6) is 5.75 Å². The largest absolute Gasteiger partial charge is 0.493 e. The molecule has 1 aliphatic carbocycles. The average Bonchev–Trinajstić information content (AvgIpc) is 2.83. The first-order valence-corrected chi connectivity index (χ1v) is 12.0. The maximum Gasteiger partial charge on any atom is 0.253 e. The standard InChI is InChI=1S/C25H36N2O3/c28-24(21-10-3-1-4-11-21)27-16-8-9-20(18-27)19-30-23-13-7-12-22(17-23)25(29)26-14-5-2-6-15-26/h7,12-13,17,20-21H,1-6,8-11,14-16,18-19H2.